The van der Waals surface area contributed by atoms with Gasteiger partial charge in [0.15, 0.2) is 0 Å². The van der Waals surface area contributed by atoms with Crippen LogP contribution >= 0.6 is 12.4 Å². The number of hydrogen-bond donors (Lipinski definition) is 3. The number of anilines is 1. The van der Waals surface area contributed by atoms with E-state index in [1.54, 1.807) is 25.2 Å². The van der Waals surface area contributed by atoms with Gasteiger partial charge in [-0.3, -0.25) is 9.59 Å². The summed E-state index contributed by atoms with van der Waals surface area (Å²) in [4.78, 5) is 22.5. The maximum atomic E-state index is 11.4. The van der Waals surface area contributed by atoms with Crippen molar-refractivity contribution in [2.24, 2.45) is 5.73 Å². The highest BCUT2D eigenvalue weighted by Crippen LogP contribution is 2.16. The van der Waals surface area contributed by atoms with Gasteiger partial charge < -0.3 is 16.4 Å². The van der Waals surface area contributed by atoms with Gasteiger partial charge in [0.25, 0.3) is 5.91 Å². The van der Waals surface area contributed by atoms with Gasteiger partial charge in [-0.15, -0.1) is 12.4 Å². The van der Waals surface area contributed by atoms with Crippen molar-refractivity contribution in [3.05, 3.63) is 29.3 Å². The Bertz CT molecular complexity index is 421. The average Bonchev–Trinajstić information content (AvgIpc) is 2.30. The highest BCUT2D eigenvalue weighted by molar-refractivity contribution is 5.98. The molecule has 0 spiro atoms. The number of rotatable bonds is 3. The maximum absolute atomic E-state index is 11.4. The summed E-state index contributed by atoms with van der Waals surface area (Å²) in [5.74, 6) is -0.472. The van der Waals surface area contributed by atoms with Gasteiger partial charge in [0.05, 0.1) is 6.54 Å². The monoisotopic (exact) mass is 257 g/mol. The molecule has 0 aromatic heterocycles. The van der Waals surface area contributed by atoms with Crippen LogP contribution < -0.4 is 16.4 Å². The Kier molecular flexibility index (Phi) is 6.23. The van der Waals surface area contributed by atoms with Crippen molar-refractivity contribution in [3.8, 4) is 0 Å². The minimum atomic E-state index is -0.280. The number of hydrogen-bond acceptors (Lipinski definition) is 3. The second kappa shape index (κ2) is 6.88. The Morgan fingerprint density at radius 2 is 2.00 bits per heavy atom. The third-order valence-corrected chi connectivity index (χ3v) is 2.19. The molecule has 0 saturated heterocycles. The number of halogens is 1. The minimum Gasteiger partial charge on any atom is -0.355 e. The largest absolute Gasteiger partial charge is 0.355 e. The van der Waals surface area contributed by atoms with Gasteiger partial charge >= 0.3 is 0 Å². The molecule has 94 valence electrons. The summed E-state index contributed by atoms with van der Waals surface area (Å²) in [6, 6.07) is 5.10. The Morgan fingerprint density at radius 3 is 2.53 bits per heavy atom. The molecule has 0 bridgehead atoms. The summed E-state index contributed by atoms with van der Waals surface area (Å²) in [5.41, 5.74) is 7.19. The zero-order chi connectivity index (χ0) is 12.1. The SMILES string of the molecule is CNC(=O)c1ccc(C)c(NC(=O)CN)c1.Cl. The van der Waals surface area contributed by atoms with E-state index in [1.165, 1.54) is 0 Å². The highest BCUT2D eigenvalue weighted by atomic mass is 35.5. The summed E-state index contributed by atoms with van der Waals surface area (Å²) in [6.45, 7) is 1.77. The molecular formula is C11H16ClN3O2. The number of nitrogens with one attached hydrogen (secondary N) is 2. The standard InChI is InChI=1S/C11H15N3O2.ClH/c1-7-3-4-8(11(16)13-2)5-9(7)14-10(15)6-12;/h3-5H,6,12H2,1-2H3,(H,13,16)(H,14,15);1H. The van der Waals surface area contributed by atoms with Gasteiger partial charge in [0, 0.05) is 18.3 Å². The van der Waals surface area contributed by atoms with Gasteiger partial charge in [-0.2, -0.15) is 0 Å². The molecular weight excluding hydrogens is 242 g/mol. The molecule has 0 radical (unpaired) electrons. The van der Waals surface area contributed by atoms with Crippen LogP contribution in [-0.2, 0) is 4.79 Å². The zero-order valence-corrected chi connectivity index (χ0v) is 10.6. The van der Waals surface area contributed by atoms with Gasteiger partial charge in [-0.05, 0) is 24.6 Å². The molecule has 0 saturated carbocycles. The highest BCUT2D eigenvalue weighted by Gasteiger charge is 2.07. The van der Waals surface area contributed by atoms with Crippen LogP contribution in [0.5, 0.6) is 0 Å². The van der Waals surface area contributed by atoms with Crippen LogP contribution in [0.4, 0.5) is 5.69 Å². The fraction of sp³-hybridized carbons (Fsp3) is 0.273. The smallest absolute Gasteiger partial charge is 0.251 e. The van der Waals surface area contributed by atoms with E-state index >= 15 is 0 Å². The van der Waals surface area contributed by atoms with E-state index < -0.39 is 0 Å². The third-order valence-electron chi connectivity index (χ3n) is 2.19. The molecule has 0 aliphatic heterocycles. The summed E-state index contributed by atoms with van der Waals surface area (Å²) < 4.78 is 0. The molecule has 2 amide bonds. The second-order valence-electron chi connectivity index (χ2n) is 3.36. The lowest BCUT2D eigenvalue weighted by Gasteiger charge is -2.09. The quantitative estimate of drug-likeness (QED) is 0.744. The molecule has 0 aliphatic rings. The predicted molar refractivity (Wildman–Crippen MR) is 69.5 cm³/mol. The van der Waals surface area contributed by atoms with Crippen molar-refractivity contribution >= 4 is 29.9 Å². The van der Waals surface area contributed by atoms with Gasteiger partial charge in [0.2, 0.25) is 5.91 Å². The fourth-order valence-corrected chi connectivity index (χ4v) is 1.24. The van der Waals surface area contributed by atoms with Crippen LogP contribution in [-0.4, -0.2) is 25.4 Å². The summed E-state index contributed by atoms with van der Waals surface area (Å²) >= 11 is 0. The van der Waals surface area contributed by atoms with Crippen molar-refractivity contribution in [2.75, 3.05) is 18.9 Å². The Morgan fingerprint density at radius 1 is 1.35 bits per heavy atom. The lowest BCUT2D eigenvalue weighted by atomic mass is 10.1. The second-order valence-corrected chi connectivity index (χ2v) is 3.36. The maximum Gasteiger partial charge on any atom is 0.251 e. The number of carbonyl (C=O) groups excluding carboxylic acids is 2. The van der Waals surface area contributed by atoms with E-state index in [2.05, 4.69) is 10.6 Å². The molecule has 5 nitrogen and oxygen atoms in total. The van der Waals surface area contributed by atoms with Crippen LogP contribution in [0.25, 0.3) is 0 Å². The fourth-order valence-electron chi connectivity index (χ4n) is 1.24. The Balaban J connectivity index is 0.00000256. The molecule has 0 atom stereocenters. The van der Waals surface area contributed by atoms with Crippen LogP contribution in [0.1, 0.15) is 15.9 Å². The summed E-state index contributed by atoms with van der Waals surface area (Å²) in [5, 5.41) is 5.15. The molecule has 4 N–H and O–H groups in total. The lowest BCUT2D eigenvalue weighted by molar-refractivity contribution is -0.114. The van der Waals surface area contributed by atoms with Crippen LogP contribution in [0.3, 0.4) is 0 Å². The Hall–Kier alpha value is -1.59. The summed E-state index contributed by atoms with van der Waals surface area (Å²) in [7, 11) is 1.56. The van der Waals surface area contributed by atoms with Crippen molar-refractivity contribution in [1.29, 1.82) is 0 Å². The molecule has 0 aliphatic carbocycles. The predicted octanol–water partition coefficient (Wildman–Crippen LogP) is 0.674. The molecule has 1 rings (SSSR count). The molecule has 6 heteroatoms. The van der Waals surface area contributed by atoms with E-state index in [9.17, 15) is 9.59 Å². The molecule has 1 aromatic carbocycles. The number of nitrogens with two attached hydrogens (primary N) is 1. The number of benzene rings is 1. The normalized spacial score (nSPS) is 9.12. The topological polar surface area (TPSA) is 84.2 Å². The number of aryl methyl sites for hydroxylation is 1. The van der Waals surface area contributed by atoms with Crippen molar-refractivity contribution in [1.82, 2.24) is 5.32 Å². The van der Waals surface area contributed by atoms with Crippen molar-refractivity contribution in [3.63, 3.8) is 0 Å². The molecule has 0 fully saturated rings. The first kappa shape index (κ1) is 15.4. The lowest BCUT2D eigenvalue weighted by Crippen LogP contribution is -2.23. The van der Waals surface area contributed by atoms with Gasteiger partial charge in [-0.25, -0.2) is 0 Å². The average molecular weight is 258 g/mol. The Labute approximate surface area is 106 Å². The first-order chi connectivity index (χ1) is 7.58. The van der Waals surface area contributed by atoms with Crippen molar-refractivity contribution < 1.29 is 9.59 Å². The van der Waals surface area contributed by atoms with Crippen LogP contribution in [0, 0.1) is 6.92 Å². The molecule has 1 aromatic rings. The van der Waals surface area contributed by atoms with Gasteiger partial charge in [-0.1, -0.05) is 6.07 Å². The van der Waals surface area contributed by atoms with E-state index in [-0.39, 0.29) is 30.8 Å². The number of carbonyl (C=O) groups is 2. The molecule has 17 heavy (non-hydrogen) atoms. The van der Waals surface area contributed by atoms with Gasteiger partial charge in [0.1, 0.15) is 0 Å². The molecule has 0 unspecified atom stereocenters. The zero-order valence-electron chi connectivity index (χ0n) is 9.74. The minimum absolute atomic E-state index is 0. The molecule has 0 heterocycles. The van der Waals surface area contributed by atoms with E-state index in [0.717, 1.165) is 5.56 Å². The van der Waals surface area contributed by atoms with Crippen LogP contribution in [0.2, 0.25) is 0 Å². The first-order valence-corrected chi connectivity index (χ1v) is 4.91. The number of amides is 2. The first-order valence-electron chi connectivity index (χ1n) is 4.91. The van der Waals surface area contributed by atoms with Crippen LogP contribution in [0.15, 0.2) is 18.2 Å². The van der Waals surface area contributed by atoms with E-state index in [4.69, 9.17) is 5.73 Å². The van der Waals surface area contributed by atoms with Crippen molar-refractivity contribution in [2.45, 2.75) is 6.92 Å². The van der Waals surface area contributed by atoms with E-state index in [1.807, 2.05) is 6.92 Å². The third kappa shape index (κ3) is 4.05. The summed E-state index contributed by atoms with van der Waals surface area (Å²) in [6.07, 6.45) is 0. The van der Waals surface area contributed by atoms with E-state index in [0.29, 0.717) is 11.3 Å².